The second-order valence-corrected chi connectivity index (χ2v) is 10.0. The van der Waals surface area contributed by atoms with Crippen LogP contribution in [0, 0.1) is 0 Å². The van der Waals surface area contributed by atoms with Gasteiger partial charge in [-0.3, -0.25) is 19.2 Å². The topological polar surface area (TPSA) is 130 Å². The lowest BCUT2D eigenvalue weighted by atomic mass is 10.1. The third kappa shape index (κ3) is 5.27. The van der Waals surface area contributed by atoms with Crippen molar-refractivity contribution in [2.24, 2.45) is 5.16 Å². The van der Waals surface area contributed by atoms with Crippen molar-refractivity contribution < 1.29 is 18.7 Å². The van der Waals surface area contributed by atoms with Crippen LogP contribution in [-0.2, 0) is 16.2 Å². The van der Waals surface area contributed by atoms with Crippen LogP contribution in [0.25, 0.3) is 0 Å². The van der Waals surface area contributed by atoms with Gasteiger partial charge in [-0.25, -0.2) is 15.0 Å². The molecule has 31 heavy (non-hydrogen) atoms. The first-order chi connectivity index (χ1) is 14.9. The largest absolute Gasteiger partial charge is 0.387 e. The van der Waals surface area contributed by atoms with Crippen molar-refractivity contribution in [3.8, 4) is 0 Å². The van der Waals surface area contributed by atoms with E-state index in [1.54, 1.807) is 48.8 Å². The molecule has 160 valence electrons. The fourth-order valence-corrected chi connectivity index (χ4v) is 4.65. The Labute approximate surface area is 187 Å². The number of carbonyl (C=O) groups excluding carboxylic acids is 1. The molecule has 2 aromatic heterocycles. The van der Waals surface area contributed by atoms with E-state index in [0.29, 0.717) is 37.1 Å². The lowest BCUT2D eigenvalue weighted by molar-refractivity contribution is -0.110. The Kier molecular flexibility index (Phi) is 6.30. The van der Waals surface area contributed by atoms with Gasteiger partial charge in [0.15, 0.2) is 23.3 Å². The van der Waals surface area contributed by atoms with Gasteiger partial charge in [0.1, 0.15) is 4.34 Å². The van der Waals surface area contributed by atoms with Gasteiger partial charge in [-0.2, -0.15) is 0 Å². The summed E-state index contributed by atoms with van der Waals surface area (Å²) in [7, 11) is -2.98. The number of benzene rings is 1. The zero-order valence-corrected chi connectivity index (χ0v) is 18.2. The normalized spacial score (nSPS) is 14.0. The summed E-state index contributed by atoms with van der Waals surface area (Å²) in [4.78, 5) is 31.2. The Bertz CT molecular complexity index is 1150. The summed E-state index contributed by atoms with van der Waals surface area (Å²) < 4.78 is 21.1. The third-order valence-corrected chi connectivity index (χ3v) is 7.10. The number of hydrogen-bond acceptors (Lipinski definition) is 9. The van der Waals surface area contributed by atoms with Crippen molar-refractivity contribution in [1.82, 2.24) is 15.0 Å². The van der Waals surface area contributed by atoms with E-state index in [4.69, 9.17) is 16.4 Å². The highest BCUT2D eigenvalue weighted by atomic mass is 35.5. The molecule has 3 aromatic rings. The predicted octanol–water partition coefficient (Wildman–Crippen LogP) is 4.54. The molecule has 0 radical (unpaired) electrons. The molecule has 0 atom stereocenters. The second kappa shape index (κ2) is 9.12. The molecule has 0 saturated carbocycles. The van der Waals surface area contributed by atoms with E-state index in [9.17, 15) is 13.9 Å². The van der Waals surface area contributed by atoms with E-state index in [0.717, 1.165) is 11.3 Å². The smallest absolute Gasteiger partial charge is 0.280 e. The van der Waals surface area contributed by atoms with E-state index >= 15 is 0 Å². The lowest BCUT2D eigenvalue weighted by Gasteiger charge is -2.30. The van der Waals surface area contributed by atoms with Crippen LogP contribution in [0.5, 0.6) is 0 Å². The first kappa shape index (κ1) is 21.4. The number of nitrogens with zero attached hydrogens (tertiary/aromatic N) is 4. The van der Waals surface area contributed by atoms with E-state index in [2.05, 4.69) is 25.4 Å². The fraction of sp³-hybridized carbons (Fsp3) is 0.105. The van der Waals surface area contributed by atoms with Gasteiger partial charge in [0, 0.05) is 29.3 Å². The summed E-state index contributed by atoms with van der Waals surface area (Å²) in [5.74, 6) is -0.163. The average Bonchev–Trinajstić information content (AvgIpc) is 3.56. The van der Waals surface area contributed by atoms with Crippen LogP contribution >= 0.6 is 33.5 Å². The molecule has 0 spiro atoms. The Morgan fingerprint density at radius 2 is 1.94 bits per heavy atom. The number of oxime groups is 1. The molecular weight excluding hydrogens is 462 g/mol. The molecule has 2 heterocycles. The minimum atomic E-state index is -2.98. The van der Waals surface area contributed by atoms with Gasteiger partial charge in [0.25, 0.3) is 5.91 Å². The van der Waals surface area contributed by atoms with Gasteiger partial charge >= 0.3 is 0 Å². The molecule has 12 heteroatoms. The number of aromatic nitrogens is 3. The van der Waals surface area contributed by atoms with Crippen LogP contribution < -0.4 is 5.32 Å². The molecule has 1 aliphatic rings. The number of thiazole rings is 1. The molecule has 0 unspecified atom stereocenters. The van der Waals surface area contributed by atoms with Crippen LogP contribution in [0.2, 0.25) is 4.34 Å². The lowest BCUT2D eigenvalue weighted by Crippen LogP contribution is -2.24. The van der Waals surface area contributed by atoms with Crippen LogP contribution in [0.4, 0.5) is 5.13 Å². The summed E-state index contributed by atoms with van der Waals surface area (Å²) in [6, 6.07) is 7.92. The molecule has 3 N–H and O–H groups in total. The predicted molar refractivity (Wildman–Crippen MR) is 119 cm³/mol. The van der Waals surface area contributed by atoms with Crippen LogP contribution in [-0.4, -0.2) is 35.7 Å². The minimum Gasteiger partial charge on any atom is -0.387 e. The van der Waals surface area contributed by atoms with E-state index < -0.39 is 16.5 Å². The molecule has 9 nitrogen and oxygen atoms in total. The fourth-order valence-electron chi connectivity index (χ4n) is 2.48. The second-order valence-electron chi connectivity index (χ2n) is 6.25. The van der Waals surface area contributed by atoms with Gasteiger partial charge in [-0.1, -0.05) is 46.3 Å². The minimum absolute atomic E-state index is 0.0316. The molecule has 4 rings (SSSR count). The first-order valence-corrected chi connectivity index (χ1v) is 11.6. The van der Waals surface area contributed by atoms with Crippen molar-refractivity contribution in [3.05, 3.63) is 75.6 Å². The summed E-state index contributed by atoms with van der Waals surface area (Å²) in [6.07, 6.45) is 6.92. The highest BCUT2D eigenvalue weighted by Crippen LogP contribution is 2.61. The molecular formula is C19H16ClN5O4S2. The first-order valence-electron chi connectivity index (χ1n) is 8.90. The maximum Gasteiger partial charge on any atom is 0.280 e. The molecule has 1 aliphatic carbocycles. The molecule has 1 aromatic carbocycles. The van der Waals surface area contributed by atoms with Gasteiger partial charge in [0.2, 0.25) is 0 Å². The Morgan fingerprint density at radius 1 is 1.23 bits per heavy atom. The number of carbonyl (C=O) groups is 1. The zero-order valence-electron chi connectivity index (χ0n) is 15.8. The van der Waals surface area contributed by atoms with Crippen molar-refractivity contribution in [2.45, 2.75) is 17.9 Å². The van der Waals surface area contributed by atoms with Gasteiger partial charge in [0.05, 0.1) is 11.1 Å². The Balaban J connectivity index is 1.57. The number of amides is 1. The van der Waals surface area contributed by atoms with Crippen molar-refractivity contribution in [2.75, 3.05) is 5.32 Å². The third-order valence-electron chi connectivity index (χ3n) is 4.07. The van der Waals surface area contributed by atoms with Crippen molar-refractivity contribution in [1.29, 1.82) is 0 Å². The van der Waals surface area contributed by atoms with Gasteiger partial charge in [-0.05, 0) is 18.2 Å². The number of halogens is 1. The summed E-state index contributed by atoms with van der Waals surface area (Å²) in [6.45, 7) is -0.0342. The maximum absolute atomic E-state index is 12.8. The molecule has 0 bridgehead atoms. The average molecular weight is 478 g/mol. The quantitative estimate of drug-likeness (QED) is 0.320. The molecule has 0 aliphatic heterocycles. The summed E-state index contributed by atoms with van der Waals surface area (Å²) >= 11 is 6.97. The highest BCUT2D eigenvalue weighted by molar-refractivity contribution is 8.27. The maximum atomic E-state index is 12.8. The van der Waals surface area contributed by atoms with E-state index in [1.807, 2.05) is 0 Å². The van der Waals surface area contributed by atoms with Gasteiger partial charge in [-0.15, -0.1) is 10.6 Å². The standard InChI is InChI=1S/C19H16ClN5O4S2/c20-15-10-23-19(30-15)24-18(26)17(25-29-11-16-21-8-1-9-22-16)12-2-4-13(5-3-12)31(27,28)14-6-7-14/h1-6,8-10,27-28H,7,11H2,(H,23,24,26). The van der Waals surface area contributed by atoms with Crippen LogP contribution in [0.15, 0.2) is 70.0 Å². The number of nitrogens with one attached hydrogen (secondary N) is 1. The van der Waals surface area contributed by atoms with E-state index in [1.165, 1.54) is 6.20 Å². The highest BCUT2D eigenvalue weighted by Gasteiger charge is 2.27. The molecule has 1 amide bonds. The zero-order chi connectivity index (χ0) is 21.8. The number of hydrogen-bond donors (Lipinski definition) is 3. The number of allylic oxidation sites excluding steroid dienone is 2. The molecule has 0 saturated heterocycles. The number of anilines is 1. The van der Waals surface area contributed by atoms with Crippen LogP contribution in [0.3, 0.4) is 0 Å². The monoisotopic (exact) mass is 477 g/mol. The van der Waals surface area contributed by atoms with Crippen molar-refractivity contribution >= 4 is 50.3 Å². The van der Waals surface area contributed by atoms with E-state index in [-0.39, 0.29) is 12.3 Å². The van der Waals surface area contributed by atoms with Gasteiger partial charge < -0.3 is 4.84 Å². The summed E-state index contributed by atoms with van der Waals surface area (Å²) in [5, 5.41) is 6.90. The Morgan fingerprint density at radius 3 is 2.55 bits per heavy atom. The number of rotatable bonds is 8. The Hall–Kier alpha value is -2.83. The summed E-state index contributed by atoms with van der Waals surface area (Å²) in [5.41, 5.74) is 0.383. The van der Waals surface area contributed by atoms with Crippen molar-refractivity contribution in [3.63, 3.8) is 0 Å². The molecule has 0 fully saturated rings. The van der Waals surface area contributed by atoms with Crippen LogP contribution in [0.1, 0.15) is 17.8 Å². The SMILES string of the molecule is O=C(Nc1ncc(Cl)s1)C(=NOCc1ncccn1)c1ccc(S(O)(O)C2=CC2)cc1.